The lowest BCUT2D eigenvalue weighted by Gasteiger charge is -2.23. The summed E-state index contributed by atoms with van der Waals surface area (Å²) in [5, 5.41) is 3.55. The van der Waals surface area contributed by atoms with E-state index in [1.54, 1.807) is 0 Å². The van der Waals surface area contributed by atoms with Crippen LogP contribution >= 0.6 is 0 Å². The molecule has 0 aliphatic carbocycles. The predicted octanol–water partition coefficient (Wildman–Crippen LogP) is 3.06. The first kappa shape index (κ1) is 13.1. The Balaban J connectivity index is 2.01. The van der Waals surface area contributed by atoms with E-state index >= 15 is 0 Å². The van der Waals surface area contributed by atoms with E-state index in [4.69, 9.17) is 0 Å². The van der Waals surface area contributed by atoms with Crippen LogP contribution in [0.4, 0.5) is 0 Å². The van der Waals surface area contributed by atoms with E-state index in [0.717, 1.165) is 18.6 Å². The van der Waals surface area contributed by atoms with Gasteiger partial charge in [0.25, 0.3) is 0 Å². The van der Waals surface area contributed by atoms with Crippen LogP contribution in [0.1, 0.15) is 27.7 Å². The molecule has 1 aromatic heterocycles. The quantitative estimate of drug-likeness (QED) is 0.897. The number of benzene rings is 1. The molecule has 1 heterocycles. The standard InChI is InChI=1S/C15H23N3/c1-12(9-17-15(2,3)4)10-18-11-16-13-7-5-6-8-14(13)18/h5-8,11-12,17H,9-10H2,1-4H3. The summed E-state index contributed by atoms with van der Waals surface area (Å²) in [5.41, 5.74) is 2.49. The van der Waals surface area contributed by atoms with Crippen molar-refractivity contribution in [1.82, 2.24) is 14.9 Å². The van der Waals surface area contributed by atoms with Gasteiger partial charge in [0.15, 0.2) is 0 Å². The lowest BCUT2D eigenvalue weighted by atomic mass is 10.1. The molecule has 1 N–H and O–H groups in total. The summed E-state index contributed by atoms with van der Waals surface area (Å²) in [7, 11) is 0. The van der Waals surface area contributed by atoms with Gasteiger partial charge in [0.05, 0.1) is 17.4 Å². The van der Waals surface area contributed by atoms with Gasteiger partial charge in [-0.05, 0) is 45.4 Å². The largest absolute Gasteiger partial charge is 0.330 e. The number of imidazole rings is 1. The minimum Gasteiger partial charge on any atom is -0.330 e. The van der Waals surface area contributed by atoms with Crippen LogP contribution in [0.5, 0.6) is 0 Å². The van der Waals surface area contributed by atoms with E-state index in [0.29, 0.717) is 5.92 Å². The summed E-state index contributed by atoms with van der Waals surface area (Å²) in [5.74, 6) is 0.585. The molecule has 1 atom stereocenters. The number of para-hydroxylation sites is 2. The first-order valence-corrected chi connectivity index (χ1v) is 6.60. The molecule has 1 unspecified atom stereocenters. The van der Waals surface area contributed by atoms with Crippen molar-refractivity contribution in [1.29, 1.82) is 0 Å². The number of rotatable bonds is 4. The van der Waals surface area contributed by atoms with Gasteiger partial charge in [-0.3, -0.25) is 0 Å². The third-order valence-electron chi connectivity index (χ3n) is 3.02. The monoisotopic (exact) mass is 245 g/mol. The number of hydrogen-bond acceptors (Lipinski definition) is 2. The highest BCUT2D eigenvalue weighted by Crippen LogP contribution is 2.13. The predicted molar refractivity (Wildman–Crippen MR) is 76.7 cm³/mol. The summed E-state index contributed by atoms with van der Waals surface area (Å²) in [6.07, 6.45) is 1.94. The maximum Gasteiger partial charge on any atom is 0.0958 e. The molecule has 18 heavy (non-hydrogen) atoms. The molecule has 0 saturated carbocycles. The zero-order chi connectivity index (χ0) is 13.2. The molecule has 1 aromatic carbocycles. The van der Waals surface area contributed by atoms with Gasteiger partial charge >= 0.3 is 0 Å². The molecule has 3 heteroatoms. The topological polar surface area (TPSA) is 29.9 Å². The average Bonchev–Trinajstić information content (AvgIpc) is 2.70. The van der Waals surface area contributed by atoms with E-state index in [1.807, 2.05) is 12.4 Å². The number of fused-ring (bicyclic) bond motifs is 1. The fourth-order valence-electron chi connectivity index (χ4n) is 2.04. The first-order chi connectivity index (χ1) is 8.46. The maximum atomic E-state index is 4.42. The Kier molecular flexibility index (Phi) is 3.71. The second kappa shape index (κ2) is 5.11. The maximum absolute atomic E-state index is 4.42. The van der Waals surface area contributed by atoms with E-state index < -0.39 is 0 Å². The van der Waals surface area contributed by atoms with Crippen LogP contribution in [0.3, 0.4) is 0 Å². The molecule has 0 amide bonds. The van der Waals surface area contributed by atoms with Gasteiger partial charge in [-0.1, -0.05) is 19.1 Å². The zero-order valence-corrected chi connectivity index (χ0v) is 11.8. The molecule has 3 nitrogen and oxygen atoms in total. The first-order valence-electron chi connectivity index (χ1n) is 6.60. The fourth-order valence-corrected chi connectivity index (χ4v) is 2.04. The molecule has 2 aromatic rings. The van der Waals surface area contributed by atoms with E-state index in [2.05, 4.69) is 60.8 Å². The van der Waals surface area contributed by atoms with Crippen molar-refractivity contribution >= 4 is 11.0 Å². The normalized spacial score (nSPS) is 14.0. The van der Waals surface area contributed by atoms with E-state index in [9.17, 15) is 0 Å². The summed E-state index contributed by atoms with van der Waals surface area (Å²) in [4.78, 5) is 4.42. The third kappa shape index (κ3) is 3.33. The molecule has 0 aliphatic heterocycles. The van der Waals surface area contributed by atoms with Crippen LogP contribution in [-0.2, 0) is 6.54 Å². The van der Waals surface area contributed by atoms with Gasteiger partial charge < -0.3 is 9.88 Å². The molecule has 98 valence electrons. The second-order valence-corrected chi connectivity index (χ2v) is 6.12. The highest BCUT2D eigenvalue weighted by Gasteiger charge is 2.12. The Labute approximate surface area is 109 Å². The molecule has 0 saturated heterocycles. The van der Waals surface area contributed by atoms with Crippen molar-refractivity contribution in [2.45, 2.75) is 39.8 Å². The highest BCUT2D eigenvalue weighted by atomic mass is 15.1. The van der Waals surface area contributed by atoms with Crippen LogP contribution in [0, 0.1) is 5.92 Å². The Hall–Kier alpha value is -1.35. The molecule has 0 bridgehead atoms. The van der Waals surface area contributed by atoms with Crippen LogP contribution in [-0.4, -0.2) is 21.6 Å². The smallest absolute Gasteiger partial charge is 0.0958 e. The number of nitrogens with one attached hydrogen (secondary N) is 1. The molecular weight excluding hydrogens is 222 g/mol. The van der Waals surface area contributed by atoms with Gasteiger partial charge in [-0.25, -0.2) is 4.98 Å². The van der Waals surface area contributed by atoms with Crippen LogP contribution in [0.25, 0.3) is 11.0 Å². The van der Waals surface area contributed by atoms with Gasteiger partial charge in [0.1, 0.15) is 0 Å². The third-order valence-corrected chi connectivity index (χ3v) is 3.02. The fraction of sp³-hybridized carbons (Fsp3) is 0.533. The van der Waals surface area contributed by atoms with Crippen molar-refractivity contribution in [2.75, 3.05) is 6.54 Å². The summed E-state index contributed by atoms with van der Waals surface area (Å²) < 4.78 is 2.24. The Morgan fingerprint density at radius 1 is 1.28 bits per heavy atom. The molecule has 0 spiro atoms. The summed E-state index contributed by atoms with van der Waals surface area (Å²) >= 11 is 0. The van der Waals surface area contributed by atoms with Gasteiger partial charge in [0, 0.05) is 12.1 Å². The summed E-state index contributed by atoms with van der Waals surface area (Å²) in [6, 6.07) is 8.29. The van der Waals surface area contributed by atoms with Gasteiger partial charge in [0.2, 0.25) is 0 Å². The Morgan fingerprint density at radius 3 is 2.72 bits per heavy atom. The Bertz CT molecular complexity index is 508. The lowest BCUT2D eigenvalue weighted by Crippen LogP contribution is -2.39. The lowest BCUT2D eigenvalue weighted by molar-refractivity contribution is 0.362. The van der Waals surface area contributed by atoms with Crippen LogP contribution in [0.2, 0.25) is 0 Å². The van der Waals surface area contributed by atoms with Crippen molar-refractivity contribution in [2.24, 2.45) is 5.92 Å². The molecule has 0 fully saturated rings. The molecule has 0 aliphatic rings. The molecular formula is C15H23N3. The highest BCUT2D eigenvalue weighted by molar-refractivity contribution is 5.74. The number of hydrogen-bond donors (Lipinski definition) is 1. The number of aromatic nitrogens is 2. The Morgan fingerprint density at radius 2 is 2.00 bits per heavy atom. The van der Waals surface area contributed by atoms with E-state index in [1.165, 1.54) is 5.52 Å². The van der Waals surface area contributed by atoms with Gasteiger partial charge in [-0.2, -0.15) is 0 Å². The number of nitrogens with zero attached hydrogens (tertiary/aromatic N) is 2. The van der Waals surface area contributed by atoms with Crippen LogP contribution in [0.15, 0.2) is 30.6 Å². The van der Waals surface area contributed by atoms with Crippen molar-refractivity contribution in [3.8, 4) is 0 Å². The second-order valence-electron chi connectivity index (χ2n) is 6.12. The minimum atomic E-state index is 0.186. The van der Waals surface area contributed by atoms with Gasteiger partial charge in [-0.15, -0.1) is 0 Å². The minimum absolute atomic E-state index is 0.186. The molecule has 2 rings (SSSR count). The zero-order valence-electron chi connectivity index (χ0n) is 11.8. The van der Waals surface area contributed by atoms with Crippen molar-refractivity contribution in [3.63, 3.8) is 0 Å². The molecule has 0 radical (unpaired) electrons. The van der Waals surface area contributed by atoms with E-state index in [-0.39, 0.29) is 5.54 Å². The summed E-state index contributed by atoms with van der Waals surface area (Å²) in [6.45, 7) is 10.9. The SMILES string of the molecule is CC(CNC(C)(C)C)Cn1cnc2ccccc21. The van der Waals surface area contributed by atoms with Crippen molar-refractivity contribution in [3.05, 3.63) is 30.6 Å². The van der Waals surface area contributed by atoms with Crippen LogP contribution < -0.4 is 5.32 Å². The average molecular weight is 245 g/mol. The van der Waals surface area contributed by atoms with Crippen molar-refractivity contribution < 1.29 is 0 Å².